The van der Waals surface area contributed by atoms with Crippen molar-refractivity contribution in [3.05, 3.63) is 5.15 Å². The lowest BCUT2D eigenvalue weighted by atomic mass is 10.0. The molecule has 0 radical (unpaired) electrons. The van der Waals surface area contributed by atoms with Gasteiger partial charge in [-0.05, 0) is 13.8 Å². The number of halogens is 1. The Morgan fingerprint density at radius 2 is 2.29 bits per heavy atom. The van der Waals surface area contributed by atoms with Gasteiger partial charge in [0.05, 0.1) is 11.7 Å². The van der Waals surface area contributed by atoms with Crippen molar-refractivity contribution in [3.63, 3.8) is 0 Å². The van der Waals surface area contributed by atoms with Gasteiger partial charge in [0, 0.05) is 25.2 Å². The normalized spacial score (nSPS) is 21.2. The summed E-state index contributed by atoms with van der Waals surface area (Å²) in [7, 11) is 0. The highest BCUT2D eigenvalue weighted by molar-refractivity contribution is 6.99. The topological polar surface area (TPSA) is 41.1 Å². The largest absolute Gasteiger partial charge is 0.350 e. The van der Waals surface area contributed by atoms with Crippen LogP contribution in [0.4, 0.5) is 5.82 Å². The Morgan fingerprint density at radius 1 is 1.50 bits per heavy atom. The van der Waals surface area contributed by atoms with Crippen LogP contribution in [0.1, 0.15) is 13.8 Å². The molecular weight excluding hydrogens is 220 g/mol. The smallest absolute Gasteiger partial charge is 0.187 e. The number of nitrogens with zero attached hydrogens (tertiary/aromatic N) is 3. The van der Waals surface area contributed by atoms with Crippen molar-refractivity contribution < 1.29 is 0 Å². The molecule has 78 valence electrons. The minimum absolute atomic E-state index is 0.116. The minimum atomic E-state index is 0.116. The lowest BCUT2D eigenvalue weighted by Crippen LogP contribution is -2.57. The van der Waals surface area contributed by atoms with E-state index in [9.17, 15) is 0 Å². The maximum absolute atomic E-state index is 5.94. The highest BCUT2D eigenvalue weighted by atomic mass is 35.5. The molecule has 1 saturated heterocycles. The number of anilines is 1. The number of hydrogen-bond donors (Lipinski definition) is 1. The van der Waals surface area contributed by atoms with Gasteiger partial charge in [0.15, 0.2) is 11.0 Å². The van der Waals surface area contributed by atoms with Gasteiger partial charge in [-0.2, -0.15) is 8.75 Å². The molecule has 1 aliphatic heterocycles. The number of piperazine rings is 1. The van der Waals surface area contributed by atoms with Crippen LogP contribution in [0.25, 0.3) is 0 Å². The molecule has 2 heterocycles. The molecule has 1 fully saturated rings. The Balaban J connectivity index is 2.16. The molecule has 1 aliphatic rings. The van der Waals surface area contributed by atoms with Gasteiger partial charge in [0.25, 0.3) is 0 Å². The van der Waals surface area contributed by atoms with Crippen LogP contribution >= 0.6 is 23.3 Å². The number of rotatable bonds is 1. The molecule has 0 saturated carbocycles. The fraction of sp³-hybridized carbons (Fsp3) is 0.750. The van der Waals surface area contributed by atoms with Crippen LogP contribution in [0, 0.1) is 0 Å². The van der Waals surface area contributed by atoms with Crippen LogP contribution in [0.2, 0.25) is 5.15 Å². The highest BCUT2D eigenvalue weighted by Crippen LogP contribution is 2.25. The van der Waals surface area contributed by atoms with E-state index in [2.05, 4.69) is 32.8 Å². The Hall–Kier alpha value is -0.390. The van der Waals surface area contributed by atoms with Gasteiger partial charge in [-0.15, -0.1) is 0 Å². The molecule has 0 unspecified atom stereocenters. The molecule has 1 aromatic heterocycles. The number of aromatic nitrogens is 2. The Morgan fingerprint density at radius 3 is 2.86 bits per heavy atom. The van der Waals surface area contributed by atoms with Crippen molar-refractivity contribution in [2.45, 2.75) is 19.4 Å². The average Bonchev–Trinajstić information content (AvgIpc) is 2.49. The SMILES string of the molecule is CC1(C)CN(c2nsnc2Cl)CCN1. The summed E-state index contributed by atoms with van der Waals surface area (Å²) in [6, 6.07) is 0. The Bertz CT molecular complexity index is 325. The molecule has 1 aromatic rings. The predicted molar refractivity (Wildman–Crippen MR) is 59.2 cm³/mol. The Labute approximate surface area is 92.6 Å². The third-order valence-electron chi connectivity index (χ3n) is 2.30. The van der Waals surface area contributed by atoms with E-state index in [1.165, 1.54) is 11.7 Å². The first-order valence-corrected chi connectivity index (χ1v) is 5.67. The van der Waals surface area contributed by atoms with E-state index in [1.807, 2.05) is 0 Å². The van der Waals surface area contributed by atoms with Crippen molar-refractivity contribution in [3.8, 4) is 0 Å². The Kier molecular flexibility index (Phi) is 2.64. The second-order valence-electron chi connectivity index (χ2n) is 4.11. The molecular formula is C8H13ClN4S. The van der Waals surface area contributed by atoms with Crippen LogP contribution in [0.3, 0.4) is 0 Å². The van der Waals surface area contributed by atoms with Crippen molar-refractivity contribution >= 4 is 29.1 Å². The first-order valence-electron chi connectivity index (χ1n) is 4.56. The third-order valence-corrected chi connectivity index (χ3v) is 3.18. The fourth-order valence-electron chi connectivity index (χ4n) is 1.68. The van der Waals surface area contributed by atoms with Crippen molar-refractivity contribution in [2.75, 3.05) is 24.5 Å². The second-order valence-corrected chi connectivity index (χ2v) is 5.00. The molecule has 0 aliphatic carbocycles. The molecule has 0 aromatic carbocycles. The van der Waals surface area contributed by atoms with E-state index >= 15 is 0 Å². The summed E-state index contributed by atoms with van der Waals surface area (Å²) in [5.41, 5.74) is 0.116. The van der Waals surface area contributed by atoms with Crippen LogP contribution in [0.15, 0.2) is 0 Å². The standard InChI is InChI=1S/C8H13ClN4S/c1-8(2)5-13(4-3-10-8)7-6(9)11-14-12-7/h10H,3-5H2,1-2H3. The molecule has 6 heteroatoms. The van der Waals surface area contributed by atoms with Crippen LogP contribution in [-0.2, 0) is 0 Å². The van der Waals surface area contributed by atoms with E-state index in [-0.39, 0.29) is 5.54 Å². The van der Waals surface area contributed by atoms with Gasteiger partial charge < -0.3 is 10.2 Å². The molecule has 4 nitrogen and oxygen atoms in total. The van der Waals surface area contributed by atoms with E-state index in [0.717, 1.165) is 25.5 Å². The summed E-state index contributed by atoms with van der Waals surface area (Å²) in [6.45, 7) is 7.16. The summed E-state index contributed by atoms with van der Waals surface area (Å²) in [6.07, 6.45) is 0. The van der Waals surface area contributed by atoms with Gasteiger partial charge in [-0.25, -0.2) is 0 Å². The van der Waals surface area contributed by atoms with Gasteiger partial charge >= 0.3 is 0 Å². The van der Waals surface area contributed by atoms with Crippen LogP contribution in [0.5, 0.6) is 0 Å². The summed E-state index contributed by atoms with van der Waals surface area (Å²) >= 11 is 7.11. The van der Waals surface area contributed by atoms with Gasteiger partial charge in [-0.1, -0.05) is 11.6 Å². The van der Waals surface area contributed by atoms with E-state index < -0.39 is 0 Å². The van der Waals surface area contributed by atoms with Crippen molar-refractivity contribution in [1.29, 1.82) is 0 Å². The monoisotopic (exact) mass is 232 g/mol. The molecule has 0 spiro atoms. The summed E-state index contributed by atoms with van der Waals surface area (Å²) in [5, 5.41) is 3.96. The van der Waals surface area contributed by atoms with Crippen molar-refractivity contribution in [1.82, 2.24) is 14.1 Å². The molecule has 0 bridgehead atoms. The van der Waals surface area contributed by atoms with E-state index in [4.69, 9.17) is 11.6 Å². The van der Waals surface area contributed by atoms with Gasteiger partial charge in [0.2, 0.25) is 0 Å². The lowest BCUT2D eigenvalue weighted by Gasteiger charge is -2.39. The summed E-state index contributed by atoms with van der Waals surface area (Å²) in [5.74, 6) is 0.825. The van der Waals surface area contributed by atoms with Crippen molar-refractivity contribution in [2.24, 2.45) is 0 Å². The average molecular weight is 233 g/mol. The second kappa shape index (κ2) is 3.64. The molecule has 14 heavy (non-hydrogen) atoms. The maximum Gasteiger partial charge on any atom is 0.187 e. The molecule has 0 amide bonds. The van der Waals surface area contributed by atoms with Gasteiger partial charge in [-0.3, -0.25) is 0 Å². The van der Waals surface area contributed by atoms with E-state index in [0.29, 0.717) is 5.15 Å². The number of hydrogen-bond acceptors (Lipinski definition) is 5. The van der Waals surface area contributed by atoms with Crippen LogP contribution < -0.4 is 10.2 Å². The molecule has 1 N–H and O–H groups in total. The van der Waals surface area contributed by atoms with E-state index in [1.54, 1.807) is 0 Å². The first kappa shape index (κ1) is 10.1. The first-order chi connectivity index (χ1) is 6.58. The quantitative estimate of drug-likeness (QED) is 0.795. The van der Waals surface area contributed by atoms with Crippen LogP contribution in [-0.4, -0.2) is 33.9 Å². The zero-order valence-corrected chi connectivity index (χ0v) is 9.82. The highest BCUT2D eigenvalue weighted by Gasteiger charge is 2.28. The zero-order chi connectivity index (χ0) is 10.2. The fourth-order valence-corrected chi connectivity index (χ4v) is 2.46. The minimum Gasteiger partial charge on any atom is -0.350 e. The predicted octanol–water partition coefficient (Wildman–Crippen LogP) is 1.38. The number of nitrogens with one attached hydrogen (secondary N) is 1. The summed E-state index contributed by atoms with van der Waals surface area (Å²) < 4.78 is 8.18. The molecule has 0 atom stereocenters. The van der Waals surface area contributed by atoms with Gasteiger partial charge in [0.1, 0.15) is 0 Å². The molecule has 2 rings (SSSR count). The zero-order valence-electron chi connectivity index (χ0n) is 8.25. The summed E-state index contributed by atoms with van der Waals surface area (Å²) in [4.78, 5) is 2.18. The maximum atomic E-state index is 5.94. The lowest BCUT2D eigenvalue weighted by molar-refractivity contribution is 0.352. The third kappa shape index (κ3) is 1.99.